The van der Waals surface area contributed by atoms with E-state index in [2.05, 4.69) is 15.9 Å². The average Bonchev–Trinajstić information content (AvgIpc) is 2.72. The van der Waals surface area contributed by atoms with Crippen molar-refractivity contribution in [3.8, 4) is 5.75 Å². The largest absolute Gasteiger partial charge is 0.497 e. The van der Waals surface area contributed by atoms with Gasteiger partial charge in [0, 0.05) is 0 Å². The van der Waals surface area contributed by atoms with Crippen LogP contribution in [0.25, 0.3) is 0 Å². The Labute approximate surface area is 140 Å². The Kier molecular flexibility index (Phi) is 3.89. The topological polar surface area (TPSA) is 63.7 Å². The number of methoxy groups -OCH3 is 1. The molecule has 23 heavy (non-hydrogen) atoms. The number of hydrogen-bond donors (Lipinski definition) is 0. The number of hydrogen-bond acceptors (Lipinski definition) is 4. The number of nitrogens with zero attached hydrogens (tertiary/aromatic N) is 1. The van der Waals surface area contributed by atoms with E-state index in [-0.39, 0.29) is 21.5 Å². The van der Waals surface area contributed by atoms with Crippen LogP contribution in [0, 0.1) is 5.82 Å². The first kappa shape index (κ1) is 15.9. The molecule has 120 valence electrons. The predicted molar refractivity (Wildman–Crippen MR) is 84.2 cm³/mol. The highest BCUT2D eigenvalue weighted by atomic mass is 79.9. The van der Waals surface area contributed by atoms with Crippen molar-refractivity contribution in [2.75, 3.05) is 7.11 Å². The third-order valence-corrected chi connectivity index (χ3v) is 6.10. The molecule has 2 aromatic rings. The summed E-state index contributed by atoms with van der Waals surface area (Å²) in [6.45, 7) is -0.131. The van der Waals surface area contributed by atoms with E-state index in [1.807, 2.05) is 0 Å². The lowest BCUT2D eigenvalue weighted by atomic mass is 10.2. The molecule has 2 aromatic carbocycles. The van der Waals surface area contributed by atoms with Crippen LogP contribution in [-0.4, -0.2) is 25.7 Å². The molecule has 0 bridgehead atoms. The molecule has 0 atom stereocenters. The van der Waals surface area contributed by atoms with Crippen LogP contribution in [0.15, 0.2) is 45.8 Å². The normalized spacial score (nSPS) is 15.6. The zero-order valence-electron chi connectivity index (χ0n) is 11.9. The van der Waals surface area contributed by atoms with Gasteiger partial charge in [0.05, 0.1) is 23.7 Å². The van der Waals surface area contributed by atoms with Crippen molar-refractivity contribution in [3.63, 3.8) is 0 Å². The first-order valence-electron chi connectivity index (χ1n) is 6.54. The van der Waals surface area contributed by atoms with E-state index in [1.54, 1.807) is 24.3 Å². The Bertz CT molecular complexity index is 896. The lowest BCUT2D eigenvalue weighted by Crippen LogP contribution is -2.29. The molecule has 0 unspecified atom stereocenters. The van der Waals surface area contributed by atoms with E-state index in [0.29, 0.717) is 11.3 Å². The fourth-order valence-electron chi connectivity index (χ4n) is 2.35. The maximum atomic E-state index is 13.6. The van der Waals surface area contributed by atoms with Crippen LogP contribution in [0.2, 0.25) is 0 Å². The zero-order chi connectivity index (χ0) is 16.8. The molecular formula is C15H11BrFNO4S. The molecule has 0 fully saturated rings. The van der Waals surface area contributed by atoms with E-state index < -0.39 is 21.7 Å². The number of carbonyl (C=O) groups excluding carboxylic acids is 1. The molecule has 8 heteroatoms. The molecule has 1 heterocycles. The van der Waals surface area contributed by atoms with Gasteiger partial charge in [0.2, 0.25) is 0 Å². The van der Waals surface area contributed by atoms with Crippen molar-refractivity contribution in [1.82, 2.24) is 4.31 Å². The molecule has 0 aliphatic carbocycles. The van der Waals surface area contributed by atoms with Gasteiger partial charge in [0.15, 0.2) is 0 Å². The Balaban J connectivity index is 2.01. The Morgan fingerprint density at radius 1 is 1.17 bits per heavy atom. The standard InChI is InChI=1S/C15H11BrFNO4S/c1-22-10-4-2-9(3-5-10)8-18-15(19)13-12(23(18,20)21)7-6-11(17)14(13)16/h2-7H,8H2,1H3. The monoisotopic (exact) mass is 399 g/mol. The summed E-state index contributed by atoms with van der Waals surface area (Å²) in [6.07, 6.45) is 0. The van der Waals surface area contributed by atoms with Crippen LogP contribution in [-0.2, 0) is 16.6 Å². The minimum Gasteiger partial charge on any atom is -0.497 e. The minimum absolute atomic E-state index is 0.131. The second-order valence-electron chi connectivity index (χ2n) is 4.90. The summed E-state index contributed by atoms with van der Waals surface area (Å²) in [5, 5.41) is 0. The summed E-state index contributed by atoms with van der Waals surface area (Å²) >= 11 is 2.95. The number of fused-ring (bicyclic) bond motifs is 1. The first-order valence-corrected chi connectivity index (χ1v) is 8.77. The van der Waals surface area contributed by atoms with E-state index >= 15 is 0 Å². The van der Waals surface area contributed by atoms with Gasteiger partial charge >= 0.3 is 0 Å². The second kappa shape index (κ2) is 5.61. The van der Waals surface area contributed by atoms with Crippen molar-refractivity contribution in [2.24, 2.45) is 0 Å². The molecule has 1 aliphatic rings. The zero-order valence-corrected chi connectivity index (χ0v) is 14.3. The summed E-state index contributed by atoms with van der Waals surface area (Å²) in [5.74, 6) is -0.807. The van der Waals surface area contributed by atoms with E-state index in [1.165, 1.54) is 7.11 Å². The highest BCUT2D eigenvalue weighted by Gasteiger charge is 2.43. The van der Waals surface area contributed by atoms with Crippen molar-refractivity contribution in [1.29, 1.82) is 0 Å². The van der Waals surface area contributed by atoms with Gasteiger partial charge in [-0.05, 0) is 45.8 Å². The summed E-state index contributed by atoms with van der Waals surface area (Å²) in [4.78, 5) is 12.2. The number of ether oxygens (including phenoxy) is 1. The van der Waals surface area contributed by atoms with Crippen molar-refractivity contribution in [3.05, 3.63) is 57.8 Å². The van der Waals surface area contributed by atoms with Crippen LogP contribution in [0.5, 0.6) is 5.75 Å². The molecule has 0 N–H and O–H groups in total. The maximum absolute atomic E-state index is 13.6. The van der Waals surface area contributed by atoms with Crippen LogP contribution in [0.3, 0.4) is 0 Å². The summed E-state index contributed by atoms with van der Waals surface area (Å²) in [5.41, 5.74) is 0.450. The quantitative estimate of drug-likeness (QED) is 0.795. The molecule has 0 spiro atoms. The third kappa shape index (κ3) is 2.51. The second-order valence-corrected chi connectivity index (χ2v) is 7.52. The predicted octanol–water partition coefficient (Wildman–Crippen LogP) is 2.94. The Morgan fingerprint density at radius 2 is 1.83 bits per heavy atom. The lowest BCUT2D eigenvalue weighted by Gasteiger charge is -2.15. The number of amides is 1. The van der Waals surface area contributed by atoms with E-state index in [0.717, 1.165) is 16.4 Å². The van der Waals surface area contributed by atoms with E-state index in [4.69, 9.17) is 4.74 Å². The number of sulfonamides is 1. The average molecular weight is 400 g/mol. The lowest BCUT2D eigenvalue weighted by molar-refractivity contribution is 0.0863. The fourth-order valence-corrected chi connectivity index (χ4v) is 4.55. The molecule has 5 nitrogen and oxygen atoms in total. The van der Waals surface area contributed by atoms with Gasteiger partial charge in [0.25, 0.3) is 15.9 Å². The molecule has 0 radical (unpaired) electrons. The molecule has 0 aromatic heterocycles. The number of benzene rings is 2. The number of carbonyl (C=O) groups is 1. The smallest absolute Gasteiger partial charge is 0.270 e. The minimum atomic E-state index is -3.99. The van der Waals surface area contributed by atoms with Crippen LogP contribution in [0.1, 0.15) is 15.9 Å². The van der Waals surface area contributed by atoms with Crippen molar-refractivity contribution >= 4 is 31.9 Å². The molecule has 0 saturated carbocycles. The van der Waals surface area contributed by atoms with Gasteiger partial charge in [-0.1, -0.05) is 12.1 Å². The molecule has 1 aliphatic heterocycles. The van der Waals surface area contributed by atoms with Gasteiger partial charge in [0.1, 0.15) is 16.5 Å². The number of halogens is 2. The van der Waals surface area contributed by atoms with Crippen molar-refractivity contribution < 1.29 is 22.3 Å². The van der Waals surface area contributed by atoms with Gasteiger partial charge < -0.3 is 4.74 Å². The molecule has 1 amide bonds. The van der Waals surface area contributed by atoms with Crippen LogP contribution in [0.4, 0.5) is 4.39 Å². The maximum Gasteiger partial charge on any atom is 0.270 e. The molecule has 0 saturated heterocycles. The summed E-state index contributed by atoms with van der Waals surface area (Å²) in [6, 6.07) is 8.80. The van der Waals surface area contributed by atoms with Gasteiger partial charge in [-0.25, -0.2) is 17.1 Å². The van der Waals surface area contributed by atoms with Gasteiger partial charge in [-0.15, -0.1) is 0 Å². The molecular weight excluding hydrogens is 389 g/mol. The number of rotatable bonds is 3. The van der Waals surface area contributed by atoms with Crippen LogP contribution < -0.4 is 4.74 Å². The fraction of sp³-hybridized carbons (Fsp3) is 0.133. The Hall–Kier alpha value is -1.93. The summed E-state index contributed by atoms with van der Waals surface area (Å²) < 4.78 is 44.3. The SMILES string of the molecule is COc1ccc(CN2C(=O)c3c(ccc(F)c3Br)S2(=O)=O)cc1. The first-order chi connectivity index (χ1) is 10.9. The summed E-state index contributed by atoms with van der Waals surface area (Å²) in [7, 11) is -2.47. The highest BCUT2D eigenvalue weighted by molar-refractivity contribution is 9.10. The van der Waals surface area contributed by atoms with Gasteiger partial charge in [-0.3, -0.25) is 4.79 Å². The van der Waals surface area contributed by atoms with E-state index in [9.17, 15) is 17.6 Å². The van der Waals surface area contributed by atoms with Crippen LogP contribution >= 0.6 is 15.9 Å². The third-order valence-electron chi connectivity index (χ3n) is 3.55. The Morgan fingerprint density at radius 3 is 2.43 bits per heavy atom. The highest BCUT2D eigenvalue weighted by Crippen LogP contribution is 2.37. The van der Waals surface area contributed by atoms with Gasteiger partial charge in [-0.2, -0.15) is 0 Å². The molecule has 3 rings (SSSR count). The van der Waals surface area contributed by atoms with Crippen molar-refractivity contribution in [2.45, 2.75) is 11.4 Å².